The van der Waals surface area contributed by atoms with E-state index in [1.165, 1.54) is 0 Å². The third-order valence-corrected chi connectivity index (χ3v) is 1.41. The second-order valence-electron chi connectivity index (χ2n) is 2.33. The molecule has 3 heteroatoms. The Morgan fingerprint density at radius 3 is 2.17 bits per heavy atom. The van der Waals surface area contributed by atoms with Crippen LogP contribution >= 0.6 is 0 Å². The quantitative estimate of drug-likeness (QED) is 0.621. The molecular formula is C9H7F2O. The number of ketones is 1. The van der Waals surface area contributed by atoms with Gasteiger partial charge in [-0.1, -0.05) is 0 Å². The Morgan fingerprint density at radius 1 is 1.25 bits per heavy atom. The minimum atomic E-state index is -0.744. The van der Waals surface area contributed by atoms with Gasteiger partial charge in [-0.2, -0.15) is 0 Å². The zero-order chi connectivity index (χ0) is 9.14. The van der Waals surface area contributed by atoms with Crippen LogP contribution in [-0.2, 0) is 0 Å². The van der Waals surface area contributed by atoms with Gasteiger partial charge in [-0.15, -0.1) is 0 Å². The van der Waals surface area contributed by atoms with E-state index in [0.29, 0.717) is 0 Å². The highest BCUT2D eigenvalue weighted by molar-refractivity contribution is 5.96. The molecule has 0 atom stereocenters. The number of hydrogen-bond donors (Lipinski definition) is 0. The standard InChI is InChI=1S/C9H7F2O/c1-2-9(12)6-3-7(10)5-8(11)4-6/h3-5H,1-2H2. The Hall–Kier alpha value is -1.25. The van der Waals surface area contributed by atoms with Crippen molar-refractivity contribution in [2.45, 2.75) is 6.42 Å². The Morgan fingerprint density at radius 2 is 1.75 bits per heavy atom. The van der Waals surface area contributed by atoms with Crippen LogP contribution in [0.15, 0.2) is 18.2 Å². The SMILES string of the molecule is [CH2]CC(=O)c1cc(F)cc(F)c1. The lowest BCUT2D eigenvalue weighted by atomic mass is 10.1. The van der Waals surface area contributed by atoms with Crippen molar-refractivity contribution in [3.8, 4) is 0 Å². The summed E-state index contributed by atoms with van der Waals surface area (Å²) in [7, 11) is 0. The van der Waals surface area contributed by atoms with Crippen LogP contribution in [0.4, 0.5) is 8.78 Å². The van der Waals surface area contributed by atoms with Crippen molar-refractivity contribution in [2.24, 2.45) is 0 Å². The van der Waals surface area contributed by atoms with Crippen LogP contribution in [0.3, 0.4) is 0 Å². The molecule has 12 heavy (non-hydrogen) atoms. The topological polar surface area (TPSA) is 17.1 Å². The van der Waals surface area contributed by atoms with Crippen molar-refractivity contribution >= 4 is 5.78 Å². The van der Waals surface area contributed by atoms with E-state index in [4.69, 9.17) is 0 Å². The van der Waals surface area contributed by atoms with Crippen LogP contribution in [0, 0.1) is 18.6 Å². The normalized spacial score (nSPS) is 9.92. The van der Waals surface area contributed by atoms with E-state index in [1.807, 2.05) is 0 Å². The molecule has 0 N–H and O–H groups in total. The van der Waals surface area contributed by atoms with Crippen molar-refractivity contribution in [1.82, 2.24) is 0 Å². The molecule has 1 aromatic carbocycles. The summed E-state index contributed by atoms with van der Waals surface area (Å²) < 4.78 is 25.0. The van der Waals surface area contributed by atoms with Crippen LogP contribution in [0.5, 0.6) is 0 Å². The number of rotatable bonds is 2. The van der Waals surface area contributed by atoms with Crippen molar-refractivity contribution < 1.29 is 13.6 Å². The maximum atomic E-state index is 12.5. The van der Waals surface area contributed by atoms with Crippen LogP contribution in [0.2, 0.25) is 0 Å². The number of benzene rings is 1. The molecule has 0 aromatic heterocycles. The number of halogens is 2. The highest BCUT2D eigenvalue weighted by Gasteiger charge is 2.06. The second-order valence-corrected chi connectivity index (χ2v) is 2.33. The Balaban J connectivity index is 3.08. The summed E-state index contributed by atoms with van der Waals surface area (Å²) in [6.45, 7) is 3.33. The molecule has 0 saturated heterocycles. The molecule has 1 rings (SSSR count). The second kappa shape index (κ2) is 3.43. The molecule has 0 amide bonds. The molecule has 1 nitrogen and oxygen atoms in total. The highest BCUT2D eigenvalue weighted by atomic mass is 19.1. The van der Waals surface area contributed by atoms with Crippen molar-refractivity contribution in [1.29, 1.82) is 0 Å². The first kappa shape index (κ1) is 8.84. The number of hydrogen-bond acceptors (Lipinski definition) is 1. The fourth-order valence-corrected chi connectivity index (χ4v) is 0.859. The average Bonchev–Trinajstić information content (AvgIpc) is 2.01. The third-order valence-electron chi connectivity index (χ3n) is 1.41. The predicted octanol–water partition coefficient (Wildman–Crippen LogP) is 2.37. The lowest BCUT2D eigenvalue weighted by Gasteiger charge is -1.97. The van der Waals surface area contributed by atoms with Crippen LogP contribution in [-0.4, -0.2) is 5.78 Å². The van der Waals surface area contributed by atoms with E-state index in [0.717, 1.165) is 18.2 Å². The van der Waals surface area contributed by atoms with Crippen LogP contribution < -0.4 is 0 Å². The molecule has 0 fully saturated rings. The van der Waals surface area contributed by atoms with Crippen LogP contribution in [0.1, 0.15) is 16.8 Å². The monoisotopic (exact) mass is 169 g/mol. The average molecular weight is 169 g/mol. The van der Waals surface area contributed by atoms with Gasteiger partial charge in [-0.25, -0.2) is 8.78 Å². The largest absolute Gasteiger partial charge is 0.294 e. The molecule has 0 saturated carbocycles. The minimum absolute atomic E-state index is 0.00287. The molecule has 0 spiro atoms. The summed E-state index contributed by atoms with van der Waals surface area (Å²) >= 11 is 0. The maximum absolute atomic E-state index is 12.5. The van der Waals surface area contributed by atoms with E-state index in [-0.39, 0.29) is 17.8 Å². The van der Waals surface area contributed by atoms with Gasteiger partial charge in [0, 0.05) is 18.1 Å². The number of Topliss-reactive ketones (excluding diaryl/α,β-unsaturated/α-hetero) is 1. The van der Waals surface area contributed by atoms with Crippen molar-refractivity contribution in [3.63, 3.8) is 0 Å². The van der Waals surface area contributed by atoms with Crippen molar-refractivity contribution in [3.05, 3.63) is 42.3 Å². The molecule has 0 aliphatic heterocycles. The molecule has 63 valence electrons. The molecule has 0 aliphatic carbocycles. The Kier molecular flexibility index (Phi) is 2.53. The first-order valence-corrected chi connectivity index (χ1v) is 3.42. The fraction of sp³-hybridized carbons (Fsp3) is 0.111. The van der Waals surface area contributed by atoms with Gasteiger partial charge in [0.25, 0.3) is 0 Å². The van der Waals surface area contributed by atoms with E-state index >= 15 is 0 Å². The molecule has 0 bridgehead atoms. The summed E-state index contributed by atoms with van der Waals surface area (Å²) in [5.74, 6) is -1.85. The summed E-state index contributed by atoms with van der Waals surface area (Å²) in [6.07, 6.45) is 0.00287. The van der Waals surface area contributed by atoms with Gasteiger partial charge in [0.1, 0.15) is 11.6 Å². The number of carbonyl (C=O) groups is 1. The maximum Gasteiger partial charge on any atom is 0.163 e. The van der Waals surface area contributed by atoms with E-state index in [9.17, 15) is 13.6 Å². The van der Waals surface area contributed by atoms with Gasteiger partial charge < -0.3 is 0 Å². The van der Waals surface area contributed by atoms with Crippen LogP contribution in [0.25, 0.3) is 0 Å². The molecule has 1 aromatic rings. The molecular weight excluding hydrogens is 162 g/mol. The Bertz CT molecular complexity index is 287. The smallest absolute Gasteiger partial charge is 0.163 e. The van der Waals surface area contributed by atoms with Gasteiger partial charge in [0.05, 0.1) is 0 Å². The van der Waals surface area contributed by atoms with E-state index < -0.39 is 11.6 Å². The van der Waals surface area contributed by atoms with Gasteiger partial charge >= 0.3 is 0 Å². The fourth-order valence-electron chi connectivity index (χ4n) is 0.859. The zero-order valence-electron chi connectivity index (χ0n) is 6.31. The summed E-state index contributed by atoms with van der Waals surface area (Å²) in [5, 5.41) is 0. The summed E-state index contributed by atoms with van der Waals surface area (Å²) in [6, 6.07) is 2.72. The lowest BCUT2D eigenvalue weighted by molar-refractivity contribution is 0.0994. The third kappa shape index (κ3) is 1.87. The minimum Gasteiger partial charge on any atom is -0.294 e. The van der Waals surface area contributed by atoms with E-state index in [2.05, 4.69) is 6.92 Å². The number of carbonyl (C=O) groups excluding carboxylic acids is 1. The highest BCUT2D eigenvalue weighted by Crippen LogP contribution is 2.09. The van der Waals surface area contributed by atoms with Gasteiger partial charge in [0.15, 0.2) is 5.78 Å². The lowest BCUT2D eigenvalue weighted by Crippen LogP contribution is -1.98. The Labute approximate surface area is 69.0 Å². The first-order chi connectivity index (χ1) is 5.63. The van der Waals surface area contributed by atoms with Gasteiger partial charge in [0.2, 0.25) is 0 Å². The predicted molar refractivity (Wildman–Crippen MR) is 40.7 cm³/mol. The molecule has 0 heterocycles. The van der Waals surface area contributed by atoms with Gasteiger partial charge in [-0.05, 0) is 19.1 Å². The summed E-state index contributed by atoms with van der Waals surface area (Å²) in [5.41, 5.74) is 0.0301. The molecule has 1 radical (unpaired) electrons. The van der Waals surface area contributed by atoms with Crippen molar-refractivity contribution in [2.75, 3.05) is 0 Å². The van der Waals surface area contributed by atoms with Gasteiger partial charge in [-0.3, -0.25) is 4.79 Å². The van der Waals surface area contributed by atoms with E-state index in [1.54, 1.807) is 0 Å². The molecule has 0 unspecified atom stereocenters. The zero-order valence-corrected chi connectivity index (χ0v) is 6.31. The first-order valence-electron chi connectivity index (χ1n) is 3.42. The molecule has 0 aliphatic rings. The summed E-state index contributed by atoms with van der Waals surface area (Å²) in [4.78, 5) is 10.9.